The Bertz CT molecular complexity index is 3490. The molecule has 12 rings (SSSR count). The zero-order valence-electron chi connectivity index (χ0n) is 33.2. The number of aromatic nitrogens is 6. The van der Waals surface area contributed by atoms with Gasteiger partial charge in [-0.05, 0) is 71.3 Å². The van der Waals surface area contributed by atoms with Crippen LogP contribution in [0.3, 0.4) is 0 Å². The van der Waals surface area contributed by atoms with Crippen LogP contribution in [0.2, 0.25) is 0 Å². The van der Waals surface area contributed by atoms with Crippen molar-refractivity contribution in [3.63, 3.8) is 0 Å². The summed E-state index contributed by atoms with van der Waals surface area (Å²) in [5, 5.41) is 4.34. The largest absolute Gasteiger partial charge is 0.455 e. The average Bonchev–Trinajstić information content (AvgIpc) is 3.91. The maximum Gasteiger partial charge on any atom is 0.182 e. The predicted octanol–water partition coefficient (Wildman–Crippen LogP) is 13.7. The van der Waals surface area contributed by atoms with Crippen LogP contribution in [0.4, 0.5) is 0 Å². The monoisotopic (exact) mass is 794 g/mol. The first-order chi connectivity index (χ1) is 30.8. The van der Waals surface area contributed by atoms with Gasteiger partial charge in [-0.25, -0.2) is 15.0 Å². The normalized spacial score (nSPS) is 11.5. The van der Waals surface area contributed by atoms with Gasteiger partial charge >= 0.3 is 0 Å². The topological polar surface area (TPSA) is 82.5 Å². The molecule has 0 aliphatic heterocycles. The second-order valence-corrected chi connectivity index (χ2v) is 15.3. The molecule has 7 heteroatoms. The van der Waals surface area contributed by atoms with Crippen LogP contribution in [0.25, 0.3) is 117 Å². The van der Waals surface area contributed by atoms with E-state index in [2.05, 4.69) is 166 Å². The molecule has 7 nitrogen and oxygen atoms in total. The summed E-state index contributed by atoms with van der Waals surface area (Å²) in [6.07, 6.45) is 5.28. The van der Waals surface area contributed by atoms with Gasteiger partial charge in [-0.2, -0.15) is 0 Å². The Kier molecular flexibility index (Phi) is 8.35. The highest BCUT2D eigenvalue weighted by Crippen LogP contribution is 2.47. The average molecular weight is 795 g/mol. The van der Waals surface area contributed by atoms with Crippen molar-refractivity contribution in [1.29, 1.82) is 0 Å². The molecule has 12 aromatic rings. The predicted molar refractivity (Wildman–Crippen MR) is 250 cm³/mol. The smallest absolute Gasteiger partial charge is 0.182 e. The maximum absolute atomic E-state index is 7.07. The van der Waals surface area contributed by atoms with E-state index >= 15 is 0 Å². The lowest BCUT2D eigenvalue weighted by Crippen LogP contribution is -2.04. The lowest BCUT2D eigenvalue weighted by Gasteiger charge is -2.21. The zero-order valence-corrected chi connectivity index (χ0v) is 33.2. The summed E-state index contributed by atoms with van der Waals surface area (Å²) in [5.74, 6) is 1.53. The van der Waals surface area contributed by atoms with Crippen molar-refractivity contribution >= 4 is 43.7 Å². The van der Waals surface area contributed by atoms with Gasteiger partial charge < -0.3 is 8.98 Å². The number of benzene rings is 7. The summed E-state index contributed by atoms with van der Waals surface area (Å²) in [7, 11) is 0. The van der Waals surface area contributed by atoms with Crippen molar-refractivity contribution < 1.29 is 4.42 Å². The number of hydrogen-bond donors (Lipinski definition) is 0. The van der Waals surface area contributed by atoms with E-state index < -0.39 is 0 Å². The third-order valence-corrected chi connectivity index (χ3v) is 11.6. The van der Waals surface area contributed by atoms with Gasteiger partial charge in [0.1, 0.15) is 16.9 Å². The lowest BCUT2D eigenvalue weighted by atomic mass is 9.92. The molecular weight excluding hydrogens is 761 g/mol. The van der Waals surface area contributed by atoms with Crippen LogP contribution in [0.15, 0.2) is 211 Å². The molecule has 0 amide bonds. The van der Waals surface area contributed by atoms with E-state index in [0.29, 0.717) is 23.2 Å². The van der Waals surface area contributed by atoms with Gasteiger partial charge in [0.25, 0.3) is 0 Å². The van der Waals surface area contributed by atoms with Gasteiger partial charge in [0, 0.05) is 62.6 Å². The van der Waals surface area contributed by atoms with E-state index in [1.54, 1.807) is 18.6 Å². The van der Waals surface area contributed by atoms with E-state index in [1.165, 1.54) is 0 Å². The van der Waals surface area contributed by atoms with Crippen molar-refractivity contribution in [3.05, 3.63) is 207 Å². The van der Waals surface area contributed by atoms with Crippen LogP contribution in [0, 0.1) is 0 Å². The van der Waals surface area contributed by atoms with Crippen molar-refractivity contribution in [2.24, 2.45) is 0 Å². The van der Waals surface area contributed by atoms with Gasteiger partial charge in [0.2, 0.25) is 0 Å². The molecule has 0 unspecified atom stereocenters. The van der Waals surface area contributed by atoms with Gasteiger partial charge in [-0.1, -0.05) is 133 Å². The molecule has 7 aromatic carbocycles. The van der Waals surface area contributed by atoms with Crippen molar-refractivity contribution in [3.8, 4) is 73.4 Å². The van der Waals surface area contributed by atoms with Gasteiger partial charge in [0.05, 0.1) is 22.1 Å². The van der Waals surface area contributed by atoms with Crippen LogP contribution < -0.4 is 0 Å². The fourth-order valence-electron chi connectivity index (χ4n) is 8.81. The Morgan fingerprint density at radius 2 is 0.984 bits per heavy atom. The van der Waals surface area contributed by atoms with Crippen LogP contribution in [-0.2, 0) is 0 Å². The number of para-hydroxylation sites is 2. The standard InChI is InChI=1S/C55H34N6O/c1-4-16-35(17-5-1)40-24-14-25-41-42-28-29-48-49(52(42)62-51(40)41)43-23-10-11-27-47(43)61(48)50-44(36-18-6-2-7-19-36)32-39(33-45(50)37-20-8-3-9-21-37)54-58-53(38-22-15-30-56-34-38)59-55(60-54)46-26-12-13-31-57-46/h1-34H. The lowest BCUT2D eigenvalue weighted by molar-refractivity contribution is 0.674. The quantitative estimate of drug-likeness (QED) is 0.160. The molecule has 0 fully saturated rings. The molecule has 62 heavy (non-hydrogen) atoms. The van der Waals surface area contributed by atoms with Crippen molar-refractivity contribution in [2.45, 2.75) is 0 Å². The minimum atomic E-state index is 0.480. The number of hydrogen-bond acceptors (Lipinski definition) is 6. The van der Waals surface area contributed by atoms with Gasteiger partial charge in [0.15, 0.2) is 17.5 Å². The molecular formula is C55H34N6O. The van der Waals surface area contributed by atoms with E-state index in [0.717, 1.165) is 93.9 Å². The highest BCUT2D eigenvalue weighted by atomic mass is 16.3. The highest BCUT2D eigenvalue weighted by Gasteiger charge is 2.25. The van der Waals surface area contributed by atoms with Gasteiger partial charge in [-0.3, -0.25) is 9.97 Å². The number of nitrogens with zero attached hydrogens (tertiary/aromatic N) is 6. The summed E-state index contributed by atoms with van der Waals surface area (Å²) >= 11 is 0. The summed E-state index contributed by atoms with van der Waals surface area (Å²) in [4.78, 5) is 24.2. The Balaban J connectivity index is 1.18. The van der Waals surface area contributed by atoms with Crippen molar-refractivity contribution in [1.82, 2.24) is 29.5 Å². The van der Waals surface area contributed by atoms with E-state index in [4.69, 9.17) is 19.4 Å². The SMILES string of the molecule is c1ccc(-c2cc(-c3nc(-c4cccnc4)nc(-c4ccccn4)n3)cc(-c3ccccc3)c2-n2c3ccccc3c3c4oc5c(-c6ccccc6)cccc5c4ccc32)cc1. The summed E-state index contributed by atoms with van der Waals surface area (Å²) < 4.78 is 9.48. The Labute approximate surface area is 356 Å². The molecule has 0 aliphatic rings. The molecule has 0 N–H and O–H groups in total. The molecule has 0 aliphatic carbocycles. The molecule has 0 atom stereocenters. The molecule has 0 bridgehead atoms. The second-order valence-electron chi connectivity index (χ2n) is 15.3. The van der Waals surface area contributed by atoms with Crippen LogP contribution in [0.5, 0.6) is 0 Å². The highest BCUT2D eigenvalue weighted by molar-refractivity contribution is 6.25. The number of pyridine rings is 2. The van der Waals surface area contributed by atoms with E-state index in [-0.39, 0.29) is 0 Å². The molecule has 290 valence electrons. The van der Waals surface area contributed by atoms with Crippen LogP contribution in [-0.4, -0.2) is 29.5 Å². The van der Waals surface area contributed by atoms with E-state index in [9.17, 15) is 0 Å². The second kappa shape index (κ2) is 14.6. The fourth-order valence-corrected chi connectivity index (χ4v) is 8.81. The summed E-state index contributed by atoms with van der Waals surface area (Å²) in [5.41, 5.74) is 13.5. The maximum atomic E-state index is 7.07. The number of rotatable bonds is 7. The van der Waals surface area contributed by atoms with Crippen molar-refractivity contribution in [2.75, 3.05) is 0 Å². The zero-order chi connectivity index (χ0) is 41.0. The first-order valence-corrected chi connectivity index (χ1v) is 20.6. The van der Waals surface area contributed by atoms with Crippen LogP contribution in [0.1, 0.15) is 0 Å². The summed E-state index contributed by atoms with van der Waals surface area (Å²) in [6, 6.07) is 65.2. The number of fused-ring (bicyclic) bond motifs is 7. The fraction of sp³-hybridized carbons (Fsp3) is 0. The Morgan fingerprint density at radius 3 is 1.66 bits per heavy atom. The summed E-state index contributed by atoms with van der Waals surface area (Å²) in [6.45, 7) is 0. The number of furan rings is 1. The van der Waals surface area contributed by atoms with Gasteiger partial charge in [-0.15, -0.1) is 0 Å². The third kappa shape index (κ3) is 5.86. The minimum Gasteiger partial charge on any atom is -0.455 e. The Morgan fingerprint density at radius 1 is 0.387 bits per heavy atom. The molecule has 0 spiro atoms. The minimum absolute atomic E-state index is 0.480. The third-order valence-electron chi connectivity index (χ3n) is 11.6. The Hall–Kier alpha value is -8.55. The molecule has 0 radical (unpaired) electrons. The molecule has 0 saturated heterocycles. The molecule has 5 aromatic heterocycles. The first kappa shape index (κ1) is 35.4. The first-order valence-electron chi connectivity index (χ1n) is 20.6. The molecule has 5 heterocycles. The van der Waals surface area contributed by atoms with E-state index in [1.807, 2.05) is 36.4 Å². The van der Waals surface area contributed by atoms with Crippen LogP contribution >= 0.6 is 0 Å². The molecule has 0 saturated carbocycles.